The Bertz CT molecular complexity index is 670. The number of benzene rings is 1. The van der Waals surface area contributed by atoms with Crippen molar-refractivity contribution in [3.63, 3.8) is 0 Å². The van der Waals surface area contributed by atoms with Gasteiger partial charge in [0.15, 0.2) is 0 Å². The van der Waals surface area contributed by atoms with Crippen molar-refractivity contribution in [3.8, 4) is 0 Å². The summed E-state index contributed by atoms with van der Waals surface area (Å²) >= 11 is 0. The number of amides is 1. The number of rotatable bonds is 7. The van der Waals surface area contributed by atoms with E-state index in [-0.39, 0.29) is 24.4 Å². The summed E-state index contributed by atoms with van der Waals surface area (Å²) < 4.78 is 5.24. The van der Waals surface area contributed by atoms with E-state index in [1.165, 1.54) is 5.57 Å². The minimum absolute atomic E-state index is 0.0840. The minimum Gasteiger partial charge on any atom is -0.481 e. The van der Waals surface area contributed by atoms with Gasteiger partial charge in [0.25, 0.3) is 0 Å². The van der Waals surface area contributed by atoms with Crippen molar-refractivity contribution in [3.05, 3.63) is 47.5 Å². The Hall–Kier alpha value is -2.30. The number of carboxylic acids is 1. The number of allylic oxidation sites excluding steroid dienone is 2. The highest BCUT2D eigenvalue weighted by Gasteiger charge is 2.55. The van der Waals surface area contributed by atoms with Gasteiger partial charge in [0.1, 0.15) is 6.61 Å². The molecule has 2 aliphatic rings. The second kappa shape index (κ2) is 7.30. The largest absolute Gasteiger partial charge is 0.481 e. The van der Waals surface area contributed by atoms with E-state index in [0.29, 0.717) is 12.5 Å². The van der Waals surface area contributed by atoms with Crippen molar-refractivity contribution in [2.75, 3.05) is 6.54 Å². The second-order valence-electron chi connectivity index (χ2n) is 7.22. The van der Waals surface area contributed by atoms with Crippen molar-refractivity contribution < 1.29 is 19.4 Å². The quantitative estimate of drug-likeness (QED) is 0.739. The highest BCUT2D eigenvalue weighted by Crippen LogP contribution is 2.59. The molecule has 1 aromatic rings. The average molecular weight is 343 g/mol. The molecule has 5 heteroatoms. The normalized spacial score (nSPS) is 27.0. The fraction of sp³-hybridized carbons (Fsp3) is 0.500. The average Bonchev–Trinajstić information content (AvgIpc) is 2.95. The first-order chi connectivity index (χ1) is 12.0. The van der Waals surface area contributed by atoms with Gasteiger partial charge in [0.2, 0.25) is 0 Å². The third-order valence-electron chi connectivity index (χ3n) is 5.58. The summed E-state index contributed by atoms with van der Waals surface area (Å²) in [7, 11) is 0. The first kappa shape index (κ1) is 17.5. The summed E-state index contributed by atoms with van der Waals surface area (Å²) in [6, 6.07) is 9.48. The highest BCUT2D eigenvalue weighted by molar-refractivity contribution is 5.70. The Labute approximate surface area is 148 Å². The molecule has 2 aliphatic carbocycles. The number of carbonyl (C=O) groups is 2. The molecule has 3 rings (SSSR count). The summed E-state index contributed by atoms with van der Waals surface area (Å²) in [5, 5.41) is 12.1. The van der Waals surface area contributed by atoms with Crippen LogP contribution in [0.15, 0.2) is 42.0 Å². The van der Waals surface area contributed by atoms with E-state index < -0.39 is 12.1 Å². The van der Waals surface area contributed by atoms with Crippen LogP contribution in [0.3, 0.4) is 0 Å². The standard InChI is InChI=1S/C20H25NO4/c1-2-14-8-16-10-20(11-18(22)23,17(16)9-14)13-21-19(24)25-12-15-6-4-3-5-7-15/h3-7,9,16-17H,2,8,10-13H2,1H3,(H,21,24)(H,22,23)/t16-,17-,20-/m1/s1. The third-order valence-corrected chi connectivity index (χ3v) is 5.58. The lowest BCUT2D eigenvalue weighted by atomic mass is 9.53. The number of aliphatic carboxylic acids is 1. The van der Waals surface area contributed by atoms with E-state index in [4.69, 9.17) is 4.74 Å². The molecule has 1 amide bonds. The maximum Gasteiger partial charge on any atom is 0.407 e. The van der Waals surface area contributed by atoms with E-state index >= 15 is 0 Å². The summed E-state index contributed by atoms with van der Waals surface area (Å²) in [6.45, 7) is 2.70. The van der Waals surface area contributed by atoms with Crippen molar-refractivity contribution in [1.29, 1.82) is 0 Å². The molecular weight excluding hydrogens is 318 g/mol. The second-order valence-corrected chi connectivity index (χ2v) is 7.22. The fourth-order valence-corrected chi connectivity index (χ4v) is 4.32. The van der Waals surface area contributed by atoms with Gasteiger partial charge in [-0.25, -0.2) is 4.79 Å². The zero-order valence-corrected chi connectivity index (χ0v) is 14.5. The van der Waals surface area contributed by atoms with Crippen LogP contribution in [0.2, 0.25) is 0 Å². The molecule has 0 bridgehead atoms. The molecule has 2 N–H and O–H groups in total. The molecule has 0 spiro atoms. The van der Waals surface area contributed by atoms with E-state index in [0.717, 1.165) is 24.8 Å². The molecule has 0 radical (unpaired) electrons. The zero-order chi connectivity index (χ0) is 17.9. The molecule has 1 fully saturated rings. The van der Waals surface area contributed by atoms with Crippen LogP contribution in [0.4, 0.5) is 4.79 Å². The van der Waals surface area contributed by atoms with E-state index in [9.17, 15) is 14.7 Å². The molecule has 0 aromatic heterocycles. The number of hydrogen-bond acceptors (Lipinski definition) is 3. The van der Waals surface area contributed by atoms with Crippen LogP contribution in [0.1, 0.15) is 38.2 Å². The van der Waals surface area contributed by atoms with Crippen LogP contribution in [-0.4, -0.2) is 23.7 Å². The number of fused-ring (bicyclic) bond motifs is 1. The van der Waals surface area contributed by atoms with Gasteiger partial charge in [0.05, 0.1) is 6.42 Å². The van der Waals surface area contributed by atoms with Crippen molar-refractivity contribution in [2.24, 2.45) is 17.3 Å². The molecule has 25 heavy (non-hydrogen) atoms. The minimum atomic E-state index is -0.809. The molecule has 0 unspecified atom stereocenters. The molecule has 5 nitrogen and oxygen atoms in total. The van der Waals surface area contributed by atoms with Crippen molar-refractivity contribution in [1.82, 2.24) is 5.32 Å². The molecule has 0 aliphatic heterocycles. The number of carbonyl (C=O) groups excluding carboxylic acids is 1. The van der Waals surface area contributed by atoms with Gasteiger partial charge in [-0.1, -0.05) is 48.9 Å². The topological polar surface area (TPSA) is 75.6 Å². The Morgan fingerprint density at radius 3 is 2.76 bits per heavy atom. The van der Waals surface area contributed by atoms with Crippen molar-refractivity contribution >= 4 is 12.1 Å². The lowest BCUT2D eigenvalue weighted by molar-refractivity contribution is -0.144. The van der Waals surface area contributed by atoms with Crippen LogP contribution in [0.5, 0.6) is 0 Å². The summed E-state index contributed by atoms with van der Waals surface area (Å²) in [5.41, 5.74) is 1.96. The number of ether oxygens (including phenoxy) is 1. The van der Waals surface area contributed by atoms with Gasteiger partial charge in [-0.2, -0.15) is 0 Å². The van der Waals surface area contributed by atoms with Crippen LogP contribution in [0, 0.1) is 17.3 Å². The van der Waals surface area contributed by atoms with Gasteiger partial charge in [0, 0.05) is 12.0 Å². The maximum atomic E-state index is 12.0. The number of nitrogens with one attached hydrogen (secondary N) is 1. The number of alkyl carbamates (subject to hydrolysis) is 1. The monoisotopic (exact) mass is 343 g/mol. The number of carboxylic acid groups (broad SMARTS) is 1. The molecular formula is C20H25NO4. The molecule has 3 atom stereocenters. The van der Waals surface area contributed by atoms with Gasteiger partial charge >= 0.3 is 12.1 Å². The lowest BCUT2D eigenvalue weighted by Crippen LogP contribution is -2.53. The van der Waals surface area contributed by atoms with Gasteiger partial charge in [-0.05, 0) is 36.7 Å². The van der Waals surface area contributed by atoms with Gasteiger partial charge in [-0.15, -0.1) is 0 Å². The summed E-state index contributed by atoms with van der Waals surface area (Å²) in [4.78, 5) is 23.3. The number of hydrogen-bond donors (Lipinski definition) is 2. The maximum absolute atomic E-state index is 12.0. The third kappa shape index (κ3) is 3.86. The van der Waals surface area contributed by atoms with E-state index in [2.05, 4.69) is 18.3 Å². The van der Waals surface area contributed by atoms with Crippen LogP contribution < -0.4 is 5.32 Å². The summed E-state index contributed by atoms with van der Waals surface area (Å²) in [5.74, 6) is -0.0133. The smallest absolute Gasteiger partial charge is 0.407 e. The zero-order valence-electron chi connectivity index (χ0n) is 14.5. The Morgan fingerprint density at radius 2 is 2.08 bits per heavy atom. The SMILES string of the molecule is CCC1=C[C@@H]2[C@H](C1)C[C@]2(CNC(=O)OCc1ccccc1)CC(=O)O. The Morgan fingerprint density at radius 1 is 1.32 bits per heavy atom. The van der Waals surface area contributed by atoms with Crippen LogP contribution in [-0.2, 0) is 16.1 Å². The van der Waals surface area contributed by atoms with Crippen molar-refractivity contribution in [2.45, 2.75) is 39.2 Å². The van der Waals surface area contributed by atoms with E-state index in [1.54, 1.807) is 0 Å². The molecule has 134 valence electrons. The fourth-order valence-electron chi connectivity index (χ4n) is 4.32. The Kier molecular flexibility index (Phi) is 5.11. The highest BCUT2D eigenvalue weighted by atomic mass is 16.5. The van der Waals surface area contributed by atoms with E-state index in [1.807, 2.05) is 30.3 Å². The Balaban J connectivity index is 1.56. The van der Waals surface area contributed by atoms with Gasteiger partial charge in [-0.3, -0.25) is 4.79 Å². The lowest BCUT2D eigenvalue weighted by Gasteiger charge is -2.51. The molecule has 1 saturated carbocycles. The predicted molar refractivity (Wildman–Crippen MR) is 93.9 cm³/mol. The summed E-state index contributed by atoms with van der Waals surface area (Å²) in [6.07, 6.45) is 4.77. The molecule has 1 aromatic carbocycles. The van der Waals surface area contributed by atoms with Crippen LogP contribution in [0.25, 0.3) is 0 Å². The first-order valence-corrected chi connectivity index (χ1v) is 8.88. The molecule has 0 heterocycles. The molecule has 0 saturated heterocycles. The van der Waals surface area contributed by atoms with Gasteiger partial charge < -0.3 is 15.2 Å². The first-order valence-electron chi connectivity index (χ1n) is 8.88. The van der Waals surface area contributed by atoms with Crippen LogP contribution >= 0.6 is 0 Å². The predicted octanol–water partition coefficient (Wildman–Crippen LogP) is 3.75.